The van der Waals surface area contributed by atoms with E-state index in [1.165, 1.54) is 0 Å². The highest BCUT2D eigenvalue weighted by Gasteiger charge is 2.32. The summed E-state index contributed by atoms with van der Waals surface area (Å²) in [6.45, 7) is 0. The van der Waals surface area contributed by atoms with Gasteiger partial charge in [0.2, 0.25) is 5.82 Å². The first-order valence-corrected chi connectivity index (χ1v) is 4.23. The quantitative estimate of drug-likeness (QED) is 0.455. The highest BCUT2D eigenvalue weighted by atomic mass is 19.1. The van der Waals surface area contributed by atoms with Gasteiger partial charge in [-0.3, -0.25) is 14.9 Å². The van der Waals surface area contributed by atoms with Gasteiger partial charge in [0.05, 0.1) is 10.5 Å². The fraction of sp³-hybridized carbons (Fsp3) is 0.111. The fourth-order valence-electron chi connectivity index (χ4n) is 1.30. The molecule has 1 aromatic carbocycles. The number of hydrogen-bond acceptors (Lipinski definition) is 5. The monoisotopic (exact) mass is 243 g/mol. The Balaban J connectivity index is 3.62. The number of nitro groups is 1. The maximum Gasteiger partial charge on any atom is 0.337 e. The minimum atomic E-state index is -2.34. The summed E-state index contributed by atoms with van der Waals surface area (Å²) in [5.74, 6) is -3.14. The molecule has 1 unspecified atom stereocenters. The number of aliphatic carboxylic acids is 1. The highest BCUT2D eigenvalue weighted by molar-refractivity contribution is 5.85. The van der Waals surface area contributed by atoms with Gasteiger partial charge in [-0.15, -0.1) is 0 Å². The van der Waals surface area contributed by atoms with Crippen LogP contribution in [0, 0.1) is 15.9 Å². The first-order chi connectivity index (χ1) is 7.90. The number of carbonyl (C=O) groups is 2. The normalized spacial score (nSPS) is 11.9. The van der Waals surface area contributed by atoms with Gasteiger partial charge in [-0.05, 0) is 12.1 Å². The van der Waals surface area contributed by atoms with Crippen LogP contribution < -0.4 is 0 Å². The standard InChI is InChI=1S/C9H6FNO6/c10-5-2-1-4(3-12)6(7(5)11(16)17)8(13)9(14)15/h1-3,8,13H,(H,14,15). The second-order valence-corrected chi connectivity index (χ2v) is 3.01. The summed E-state index contributed by atoms with van der Waals surface area (Å²) in [6.07, 6.45) is -2.24. The lowest BCUT2D eigenvalue weighted by Gasteiger charge is -2.09. The molecule has 0 aliphatic heterocycles. The molecule has 1 atom stereocenters. The Hall–Kier alpha value is -2.35. The Morgan fingerprint density at radius 1 is 1.53 bits per heavy atom. The predicted molar refractivity (Wildman–Crippen MR) is 51.0 cm³/mol. The van der Waals surface area contributed by atoms with Crippen LogP contribution in [-0.4, -0.2) is 27.4 Å². The lowest BCUT2D eigenvalue weighted by atomic mass is 10.0. The van der Waals surface area contributed by atoms with E-state index in [0.29, 0.717) is 6.07 Å². The molecule has 0 fully saturated rings. The molecule has 0 amide bonds. The minimum absolute atomic E-state index is 0.105. The van der Waals surface area contributed by atoms with Gasteiger partial charge in [0.15, 0.2) is 12.4 Å². The molecule has 1 aromatic rings. The van der Waals surface area contributed by atoms with Crippen molar-refractivity contribution in [3.05, 3.63) is 39.2 Å². The summed E-state index contributed by atoms with van der Waals surface area (Å²) in [6, 6.07) is 1.51. The van der Waals surface area contributed by atoms with E-state index in [1.54, 1.807) is 0 Å². The number of halogens is 1. The first kappa shape index (κ1) is 12.7. The van der Waals surface area contributed by atoms with Crippen LogP contribution in [0.5, 0.6) is 0 Å². The van der Waals surface area contributed by atoms with Crippen LogP contribution in [0.4, 0.5) is 10.1 Å². The van der Waals surface area contributed by atoms with E-state index >= 15 is 0 Å². The largest absolute Gasteiger partial charge is 0.479 e. The van der Waals surface area contributed by atoms with Gasteiger partial charge >= 0.3 is 11.7 Å². The number of carboxylic acid groups (broad SMARTS) is 1. The number of carbonyl (C=O) groups excluding carboxylic acids is 1. The molecule has 8 heteroatoms. The maximum absolute atomic E-state index is 13.2. The van der Waals surface area contributed by atoms with Crippen molar-refractivity contribution in [2.24, 2.45) is 0 Å². The minimum Gasteiger partial charge on any atom is -0.479 e. The van der Waals surface area contributed by atoms with E-state index in [9.17, 15) is 29.2 Å². The lowest BCUT2D eigenvalue weighted by Crippen LogP contribution is -2.15. The van der Waals surface area contributed by atoms with Gasteiger partial charge in [0.1, 0.15) is 0 Å². The van der Waals surface area contributed by atoms with Crippen molar-refractivity contribution in [2.75, 3.05) is 0 Å². The molecule has 0 heterocycles. The number of hydrogen-bond donors (Lipinski definition) is 2. The van der Waals surface area contributed by atoms with Crippen molar-refractivity contribution in [3.63, 3.8) is 0 Å². The predicted octanol–water partition coefficient (Wildman–Crippen LogP) is 0.664. The van der Waals surface area contributed by atoms with E-state index in [-0.39, 0.29) is 6.29 Å². The van der Waals surface area contributed by atoms with Crippen molar-refractivity contribution >= 4 is 17.9 Å². The molecule has 17 heavy (non-hydrogen) atoms. The molecule has 0 aromatic heterocycles. The summed E-state index contributed by atoms with van der Waals surface area (Å²) >= 11 is 0. The van der Waals surface area contributed by atoms with E-state index in [0.717, 1.165) is 6.07 Å². The second kappa shape index (κ2) is 4.66. The number of aliphatic hydroxyl groups is 1. The van der Waals surface area contributed by atoms with Crippen molar-refractivity contribution in [1.29, 1.82) is 0 Å². The zero-order valence-corrected chi connectivity index (χ0v) is 8.16. The number of aliphatic hydroxyl groups excluding tert-OH is 1. The van der Waals surface area contributed by atoms with Crippen LogP contribution in [0.3, 0.4) is 0 Å². The SMILES string of the molecule is O=Cc1ccc(F)c([N+](=O)[O-])c1C(O)C(=O)O. The van der Waals surface area contributed by atoms with E-state index in [1.807, 2.05) is 0 Å². The van der Waals surface area contributed by atoms with Gasteiger partial charge in [-0.1, -0.05) is 0 Å². The van der Waals surface area contributed by atoms with Crippen LogP contribution in [0.2, 0.25) is 0 Å². The number of rotatable bonds is 4. The average molecular weight is 243 g/mol. The molecule has 90 valence electrons. The van der Waals surface area contributed by atoms with E-state index in [2.05, 4.69) is 0 Å². The molecule has 0 spiro atoms. The second-order valence-electron chi connectivity index (χ2n) is 3.01. The van der Waals surface area contributed by atoms with E-state index in [4.69, 9.17) is 5.11 Å². The molecule has 0 aliphatic carbocycles. The third-order valence-corrected chi connectivity index (χ3v) is 2.02. The Morgan fingerprint density at radius 2 is 2.12 bits per heavy atom. The summed E-state index contributed by atoms with van der Waals surface area (Å²) in [7, 11) is 0. The molecule has 0 bridgehead atoms. The number of aldehydes is 1. The van der Waals surface area contributed by atoms with Gasteiger partial charge in [0.25, 0.3) is 0 Å². The fourth-order valence-corrected chi connectivity index (χ4v) is 1.30. The highest BCUT2D eigenvalue weighted by Crippen LogP contribution is 2.30. The zero-order valence-electron chi connectivity index (χ0n) is 8.16. The van der Waals surface area contributed by atoms with Crippen molar-refractivity contribution in [1.82, 2.24) is 0 Å². The third kappa shape index (κ3) is 2.26. The van der Waals surface area contributed by atoms with Crippen molar-refractivity contribution < 1.29 is 29.1 Å². The molecular formula is C9H6FNO6. The van der Waals surface area contributed by atoms with Crippen LogP contribution in [0.15, 0.2) is 12.1 Å². The molecular weight excluding hydrogens is 237 g/mol. The van der Waals surface area contributed by atoms with Gasteiger partial charge < -0.3 is 10.2 Å². The van der Waals surface area contributed by atoms with Crippen LogP contribution in [0.25, 0.3) is 0 Å². The number of carboxylic acids is 1. The first-order valence-electron chi connectivity index (χ1n) is 4.23. The topological polar surface area (TPSA) is 118 Å². The van der Waals surface area contributed by atoms with Gasteiger partial charge in [-0.2, -0.15) is 4.39 Å². The summed E-state index contributed by atoms with van der Waals surface area (Å²) in [5, 5.41) is 28.4. The number of nitro benzene ring substituents is 1. The number of nitrogens with zero attached hydrogens (tertiary/aromatic N) is 1. The maximum atomic E-state index is 13.2. The summed E-state index contributed by atoms with van der Waals surface area (Å²) < 4.78 is 13.2. The Bertz CT molecular complexity index is 501. The molecule has 2 N–H and O–H groups in total. The Morgan fingerprint density at radius 3 is 2.53 bits per heavy atom. The van der Waals surface area contributed by atoms with Crippen LogP contribution >= 0.6 is 0 Å². The third-order valence-electron chi connectivity index (χ3n) is 2.02. The summed E-state index contributed by atoms with van der Waals surface area (Å²) in [5.41, 5.74) is -2.53. The average Bonchev–Trinajstić information content (AvgIpc) is 2.26. The Labute approximate surface area is 93.3 Å². The zero-order chi connectivity index (χ0) is 13.2. The lowest BCUT2D eigenvalue weighted by molar-refractivity contribution is -0.388. The molecule has 0 radical (unpaired) electrons. The molecule has 7 nitrogen and oxygen atoms in total. The molecule has 0 saturated heterocycles. The molecule has 0 aliphatic rings. The number of benzene rings is 1. The summed E-state index contributed by atoms with van der Waals surface area (Å²) in [4.78, 5) is 30.5. The van der Waals surface area contributed by atoms with Gasteiger partial charge in [0, 0.05) is 5.56 Å². The van der Waals surface area contributed by atoms with E-state index < -0.39 is 39.6 Å². The molecule has 0 saturated carbocycles. The Kier molecular flexibility index (Phi) is 3.49. The van der Waals surface area contributed by atoms with Gasteiger partial charge in [-0.25, -0.2) is 4.79 Å². The molecule has 1 rings (SSSR count). The van der Waals surface area contributed by atoms with Crippen molar-refractivity contribution in [2.45, 2.75) is 6.10 Å². The van der Waals surface area contributed by atoms with Crippen molar-refractivity contribution in [3.8, 4) is 0 Å². The smallest absolute Gasteiger partial charge is 0.337 e. The van der Waals surface area contributed by atoms with Crippen LogP contribution in [-0.2, 0) is 4.79 Å². The van der Waals surface area contributed by atoms with Crippen LogP contribution in [0.1, 0.15) is 22.0 Å².